The van der Waals surface area contributed by atoms with Gasteiger partial charge in [-0.1, -0.05) is 54.9 Å². The molecule has 0 aliphatic carbocycles. The van der Waals surface area contributed by atoms with Gasteiger partial charge in [0.2, 0.25) is 11.8 Å². The van der Waals surface area contributed by atoms with E-state index in [0.29, 0.717) is 58.4 Å². The van der Waals surface area contributed by atoms with Crippen LogP contribution in [-0.4, -0.2) is 51.5 Å². The number of hydrogen-bond donors (Lipinski definition) is 4. The number of rotatable bonds is 10. The highest BCUT2D eigenvalue weighted by molar-refractivity contribution is 5.80. The number of nitrogens with two attached hydrogens (primary N) is 2. The van der Waals surface area contributed by atoms with E-state index < -0.39 is 5.82 Å². The molecular formula is C33H38FN7O4. The van der Waals surface area contributed by atoms with Gasteiger partial charge in [0.05, 0.1) is 18.5 Å². The number of benzene rings is 3. The van der Waals surface area contributed by atoms with Crippen molar-refractivity contribution in [3.05, 3.63) is 99.7 Å². The minimum Gasteiger partial charge on any atom is -0.508 e. The Bertz CT molecular complexity index is 1790. The third-order valence-corrected chi connectivity index (χ3v) is 6.93. The third kappa shape index (κ3) is 7.72. The quantitative estimate of drug-likeness (QED) is 0.173. The SMILES string of the molecule is CC(N)CN.CCCc1nc(NC)n(-c2ccc(O)cc2)c(=O)c1Cc1ccc(-c2ccccc2-c2noc(OC)n2)cc1F. The van der Waals surface area contributed by atoms with Crippen LogP contribution < -0.4 is 27.1 Å². The van der Waals surface area contributed by atoms with Crippen LogP contribution in [-0.2, 0) is 12.8 Å². The van der Waals surface area contributed by atoms with Crippen molar-refractivity contribution in [3.63, 3.8) is 0 Å². The molecular weight excluding hydrogens is 577 g/mol. The molecule has 0 radical (unpaired) electrons. The topological polar surface area (TPSA) is 167 Å². The van der Waals surface area contributed by atoms with Gasteiger partial charge in [0.15, 0.2) is 0 Å². The monoisotopic (exact) mass is 615 g/mol. The average molecular weight is 616 g/mol. The second kappa shape index (κ2) is 15.1. The van der Waals surface area contributed by atoms with Crippen molar-refractivity contribution < 1.29 is 18.8 Å². The number of anilines is 1. The molecule has 0 bridgehead atoms. The number of phenolic OH excluding ortho intramolecular Hbond substituents is 1. The fraction of sp³-hybridized carbons (Fsp3) is 0.273. The Balaban J connectivity index is 0.000000854. The first-order valence-electron chi connectivity index (χ1n) is 14.5. The van der Waals surface area contributed by atoms with Crippen molar-refractivity contribution >= 4 is 5.95 Å². The lowest BCUT2D eigenvalue weighted by Crippen LogP contribution is -2.28. The van der Waals surface area contributed by atoms with Crippen molar-refractivity contribution in [2.45, 2.75) is 39.2 Å². The lowest BCUT2D eigenvalue weighted by Gasteiger charge is -2.17. The minimum absolute atomic E-state index is 0.0325. The Hall–Kier alpha value is -5.07. The van der Waals surface area contributed by atoms with E-state index in [9.17, 15) is 9.90 Å². The summed E-state index contributed by atoms with van der Waals surface area (Å²) in [6.45, 7) is 4.46. The number of halogens is 1. The number of nitrogens with one attached hydrogen (secondary N) is 1. The van der Waals surface area contributed by atoms with Gasteiger partial charge in [-0.3, -0.25) is 9.32 Å². The number of methoxy groups -OCH3 is 1. The summed E-state index contributed by atoms with van der Waals surface area (Å²) in [7, 11) is 3.12. The van der Waals surface area contributed by atoms with Crippen LogP contribution in [0.4, 0.5) is 10.3 Å². The molecule has 2 aromatic heterocycles. The molecule has 12 heteroatoms. The maximum Gasteiger partial charge on any atom is 0.417 e. The molecule has 3 aromatic carbocycles. The van der Waals surface area contributed by atoms with Gasteiger partial charge in [-0.15, -0.1) is 0 Å². The highest BCUT2D eigenvalue weighted by atomic mass is 19.1. The van der Waals surface area contributed by atoms with E-state index in [1.807, 2.05) is 44.2 Å². The molecule has 45 heavy (non-hydrogen) atoms. The van der Waals surface area contributed by atoms with E-state index in [-0.39, 0.29) is 29.8 Å². The molecule has 0 saturated carbocycles. The van der Waals surface area contributed by atoms with E-state index in [4.69, 9.17) is 25.7 Å². The van der Waals surface area contributed by atoms with Crippen molar-refractivity contribution in [2.24, 2.45) is 11.5 Å². The number of ether oxygens (including phenoxy) is 1. The Kier molecular flexibility index (Phi) is 11.0. The molecule has 236 valence electrons. The lowest BCUT2D eigenvalue weighted by molar-refractivity contribution is 0.250. The van der Waals surface area contributed by atoms with Gasteiger partial charge in [0.1, 0.15) is 11.6 Å². The molecule has 2 heterocycles. The number of aromatic hydroxyl groups is 1. The first-order valence-corrected chi connectivity index (χ1v) is 14.5. The van der Waals surface area contributed by atoms with Crippen LogP contribution in [0.5, 0.6) is 11.8 Å². The van der Waals surface area contributed by atoms with Crippen molar-refractivity contribution in [2.75, 3.05) is 26.0 Å². The van der Waals surface area contributed by atoms with Gasteiger partial charge >= 0.3 is 6.08 Å². The Labute approximate surface area is 260 Å². The summed E-state index contributed by atoms with van der Waals surface area (Å²) < 4.78 is 27.1. The Morgan fingerprint density at radius 3 is 2.36 bits per heavy atom. The second-order valence-corrected chi connectivity index (χ2v) is 10.3. The fourth-order valence-electron chi connectivity index (χ4n) is 4.61. The molecule has 5 aromatic rings. The van der Waals surface area contributed by atoms with Crippen LogP contribution >= 0.6 is 0 Å². The number of nitrogens with zero attached hydrogens (tertiary/aromatic N) is 4. The van der Waals surface area contributed by atoms with Crippen LogP contribution in [0.3, 0.4) is 0 Å². The first kappa shape index (κ1) is 32.8. The zero-order valence-electron chi connectivity index (χ0n) is 25.8. The van der Waals surface area contributed by atoms with E-state index >= 15 is 4.39 Å². The van der Waals surface area contributed by atoms with Crippen molar-refractivity contribution in [1.29, 1.82) is 0 Å². The molecule has 0 fully saturated rings. The van der Waals surface area contributed by atoms with E-state index in [1.54, 1.807) is 25.2 Å². The Morgan fingerprint density at radius 2 is 1.78 bits per heavy atom. The summed E-state index contributed by atoms with van der Waals surface area (Å²) in [6.07, 6.45) is 1.44. The largest absolute Gasteiger partial charge is 0.508 e. The van der Waals surface area contributed by atoms with Gasteiger partial charge in [-0.25, -0.2) is 13.9 Å². The number of hydrogen-bond acceptors (Lipinski definition) is 10. The summed E-state index contributed by atoms with van der Waals surface area (Å²) in [5, 5.41) is 16.7. The van der Waals surface area contributed by atoms with Gasteiger partial charge in [-0.05, 0) is 60.4 Å². The predicted molar refractivity (Wildman–Crippen MR) is 172 cm³/mol. The standard InChI is InChI=1S/C30H28FN5O4.C3H10N2/c1-4-7-26-24(28(38)36(29(32-2)33-26)20-12-14-21(37)15-13-20)16-19-11-10-18(17-25(19)31)22-8-5-6-9-23(22)27-34-30(39-3)40-35-27;1-3(5)2-4/h5-6,8-15,17,37H,4,7,16H2,1-3H3,(H,32,33);3H,2,4-5H2,1H3. The average Bonchev–Trinajstić information content (AvgIpc) is 3.53. The van der Waals surface area contributed by atoms with Gasteiger partial charge in [0.25, 0.3) is 5.56 Å². The van der Waals surface area contributed by atoms with Crippen molar-refractivity contribution in [1.82, 2.24) is 19.7 Å². The number of aromatic nitrogens is 4. The molecule has 0 saturated heterocycles. The molecule has 11 nitrogen and oxygen atoms in total. The van der Waals surface area contributed by atoms with E-state index in [0.717, 1.165) is 12.0 Å². The zero-order valence-corrected chi connectivity index (χ0v) is 25.8. The highest BCUT2D eigenvalue weighted by Crippen LogP contribution is 2.32. The molecule has 0 aliphatic heterocycles. The predicted octanol–water partition coefficient (Wildman–Crippen LogP) is 4.68. The van der Waals surface area contributed by atoms with Crippen LogP contribution in [0.1, 0.15) is 37.1 Å². The maximum atomic E-state index is 15.6. The summed E-state index contributed by atoms with van der Waals surface area (Å²) >= 11 is 0. The summed E-state index contributed by atoms with van der Waals surface area (Å²) in [6, 6.07) is 18.7. The Morgan fingerprint density at radius 1 is 1.09 bits per heavy atom. The summed E-state index contributed by atoms with van der Waals surface area (Å²) in [5.41, 5.74) is 13.9. The van der Waals surface area contributed by atoms with Crippen LogP contribution in [0.25, 0.3) is 28.2 Å². The second-order valence-electron chi connectivity index (χ2n) is 10.3. The van der Waals surface area contributed by atoms with Gasteiger partial charge < -0.3 is 26.6 Å². The molecule has 5 rings (SSSR count). The van der Waals surface area contributed by atoms with E-state index in [2.05, 4.69) is 15.5 Å². The van der Waals surface area contributed by atoms with Crippen LogP contribution in [0.15, 0.2) is 76.0 Å². The minimum atomic E-state index is -0.450. The highest BCUT2D eigenvalue weighted by Gasteiger charge is 2.20. The lowest BCUT2D eigenvalue weighted by atomic mass is 9.95. The fourth-order valence-corrected chi connectivity index (χ4v) is 4.61. The number of phenols is 1. The van der Waals surface area contributed by atoms with Crippen LogP contribution in [0.2, 0.25) is 0 Å². The van der Waals surface area contributed by atoms with E-state index in [1.165, 1.54) is 29.9 Å². The molecule has 0 amide bonds. The third-order valence-electron chi connectivity index (χ3n) is 6.93. The first-order chi connectivity index (χ1) is 21.7. The van der Waals surface area contributed by atoms with Gasteiger partial charge in [-0.2, -0.15) is 4.98 Å². The van der Waals surface area contributed by atoms with Gasteiger partial charge in [0, 0.05) is 37.2 Å². The molecule has 1 unspecified atom stereocenters. The normalized spacial score (nSPS) is 11.4. The molecule has 0 aliphatic rings. The summed E-state index contributed by atoms with van der Waals surface area (Å²) in [5.74, 6) is 0.328. The van der Waals surface area contributed by atoms with Crippen LogP contribution in [0, 0.1) is 5.82 Å². The molecule has 0 spiro atoms. The zero-order chi connectivity index (χ0) is 32.5. The smallest absolute Gasteiger partial charge is 0.417 e. The molecule has 6 N–H and O–H groups in total. The number of aryl methyl sites for hydroxylation is 1. The molecule has 1 atom stereocenters. The maximum absolute atomic E-state index is 15.6. The summed E-state index contributed by atoms with van der Waals surface area (Å²) in [4.78, 5) is 22.8. The van der Waals surface area contributed by atoms with Crippen molar-refractivity contribution in [3.8, 4) is 40.0 Å².